The second kappa shape index (κ2) is 7.08. The van der Waals surface area contributed by atoms with E-state index in [1.165, 1.54) is 18.2 Å². The van der Waals surface area contributed by atoms with Crippen molar-refractivity contribution in [1.82, 2.24) is 0 Å². The topological polar surface area (TPSA) is 94.9 Å². The molecule has 0 spiro atoms. The highest BCUT2D eigenvalue weighted by Crippen LogP contribution is 2.35. The third kappa shape index (κ3) is 3.47. The van der Waals surface area contributed by atoms with Crippen LogP contribution in [0.25, 0.3) is 11.1 Å². The summed E-state index contributed by atoms with van der Waals surface area (Å²) in [5.41, 5.74) is -0.0762. The number of hydrogen-bond acceptors (Lipinski definition) is 4. The molecule has 27 heavy (non-hydrogen) atoms. The summed E-state index contributed by atoms with van der Waals surface area (Å²) >= 11 is 0. The lowest BCUT2D eigenvalue weighted by molar-refractivity contribution is 0.0693. The van der Waals surface area contributed by atoms with Crippen LogP contribution in [0.2, 0.25) is 0 Å². The van der Waals surface area contributed by atoms with Gasteiger partial charge in [-0.1, -0.05) is 57.5 Å². The Bertz CT molecular complexity index is 1100. The van der Waals surface area contributed by atoms with Crippen molar-refractivity contribution in [2.45, 2.75) is 4.90 Å². The highest BCUT2D eigenvalue weighted by atomic mass is 32.2. The molecule has 0 bridgehead atoms. The number of anilines is 1. The van der Waals surface area contributed by atoms with E-state index in [4.69, 9.17) is 5.11 Å². The molecule has 0 radical (unpaired) electrons. The van der Waals surface area contributed by atoms with Crippen LogP contribution in [0.4, 0.5) is 10.2 Å². The Kier molecular flexibility index (Phi) is 4.83. The fourth-order valence-electron chi connectivity index (χ4n) is 2.53. The van der Waals surface area contributed by atoms with Crippen LogP contribution in [-0.2, 0) is 10.0 Å². The molecule has 0 heterocycles. The third-order valence-electron chi connectivity index (χ3n) is 3.88. The van der Waals surface area contributed by atoms with Gasteiger partial charge in [0.2, 0.25) is 0 Å². The zero-order valence-electron chi connectivity index (χ0n) is 13.8. The number of benzene rings is 3. The molecule has 0 amide bonds. The standard InChI is InChI=1S/C19H14FNO5S/c20-21(17-11-5-10-16(18(17)22)19(23)24)27(25,26)15-9-4-8-14(12-15)13-6-2-1-3-7-13/h1-12,22H,(H,23,24). The quantitative estimate of drug-likeness (QED) is 0.649. The summed E-state index contributed by atoms with van der Waals surface area (Å²) in [6.45, 7) is 0. The van der Waals surface area contributed by atoms with E-state index in [0.29, 0.717) is 5.56 Å². The van der Waals surface area contributed by atoms with E-state index in [9.17, 15) is 22.8 Å². The smallest absolute Gasteiger partial charge is 0.339 e. The third-order valence-corrected chi connectivity index (χ3v) is 5.35. The minimum atomic E-state index is -4.67. The summed E-state index contributed by atoms with van der Waals surface area (Å²) in [6, 6.07) is 17.8. The van der Waals surface area contributed by atoms with Gasteiger partial charge in [0.25, 0.3) is 10.0 Å². The van der Waals surface area contributed by atoms with Crippen molar-refractivity contribution in [3.8, 4) is 16.9 Å². The lowest BCUT2D eigenvalue weighted by atomic mass is 10.1. The number of aromatic hydroxyl groups is 1. The second-order valence-corrected chi connectivity index (χ2v) is 7.33. The number of carboxylic acids is 1. The summed E-state index contributed by atoms with van der Waals surface area (Å²) in [7, 11) is -4.67. The monoisotopic (exact) mass is 387 g/mol. The van der Waals surface area contributed by atoms with Crippen LogP contribution in [0.15, 0.2) is 77.7 Å². The maximum atomic E-state index is 14.7. The van der Waals surface area contributed by atoms with Gasteiger partial charge in [-0.15, -0.1) is 0 Å². The van der Waals surface area contributed by atoms with Crippen molar-refractivity contribution >= 4 is 21.7 Å². The normalized spacial score (nSPS) is 11.1. The fraction of sp³-hybridized carbons (Fsp3) is 0. The van der Waals surface area contributed by atoms with Gasteiger partial charge >= 0.3 is 5.97 Å². The first-order chi connectivity index (χ1) is 12.8. The van der Waals surface area contributed by atoms with Gasteiger partial charge in [-0.3, -0.25) is 0 Å². The maximum Gasteiger partial charge on any atom is 0.339 e. The molecule has 3 aromatic rings. The Hall–Kier alpha value is -3.39. The number of carboxylic acid groups (broad SMARTS) is 1. The summed E-state index contributed by atoms with van der Waals surface area (Å²) in [5, 5.41) is 18.9. The minimum Gasteiger partial charge on any atom is -0.505 e. The summed E-state index contributed by atoms with van der Waals surface area (Å²) < 4.78 is 39.4. The fourth-order valence-corrected chi connectivity index (χ4v) is 3.65. The molecule has 0 aromatic heterocycles. The molecule has 2 N–H and O–H groups in total. The molecular weight excluding hydrogens is 373 g/mol. The lowest BCUT2D eigenvalue weighted by Crippen LogP contribution is -2.23. The SMILES string of the molecule is O=C(O)c1cccc(N(F)S(=O)(=O)c2cccc(-c3ccccc3)c2)c1O. The lowest BCUT2D eigenvalue weighted by Gasteiger charge is -2.16. The number of aromatic carboxylic acids is 1. The first-order valence-corrected chi connectivity index (χ1v) is 9.18. The van der Waals surface area contributed by atoms with Gasteiger partial charge in [0.1, 0.15) is 11.3 Å². The number of hydrogen-bond donors (Lipinski definition) is 2. The summed E-state index contributed by atoms with van der Waals surface area (Å²) in [6.07, 6.45) is 0. The van der Waals surface area contributed by atoms with Crippen LogP contribution < -0.4 is 4.53 Å². The number of rotatable bonds is 5. The number of phenols is 1. The van der Waals surface area contributed by atoms with Crippen LogP contribution in [0.1, 0.15) is 10.4 Å². The molecule has 0 aliphatic rings. The van der Waals surface area contributed by atoms with Crippen LogP contribution in [0.3, 0.4) is 0 Å². The van der Waals surface area contributed by atoms with E-state index in [-0.39, 0.29) is 4.90 Å². The minimum absolute atomic E-state index is 0.341. The molecule has 0 saturated carbocycles. The summed E-state index contributed by atoms with van der Waals surface area (Å²) in [4.78, 5) is 10.7. The van der Waals surface area contributed by atoms with Gasteiger partial charge in [0.05, 0.1) is 4.90 Å². The first-order valence-electron chi connectivity index (χ1n) is 7.74. The Morgan fingerprint density at radius 1 is 0.889 bits per heavy atom. The molecule has 0 atom stereocenters. The van der Waals surface area contributed by atoms with Crippen LogP contribution in [-0.4, -0.2) is 24.6 Å². The molecule has 0 aliphatic heterocycles. The second-order valence-electron chi connectivity index (χ2n) is 5.59. The predicted molar refractivity (Wildman–Crippen MR) is 97.7 cm³/mol. The van der Waals surface area contributed by atoms with Gasteiger partial charge in [-0.25, -0.2) is 4.79 Å². The van der Waals surface area contributed by atoms with E-state index < -0.39 is 37.5 Å². The van der Waals surface area contributed by atoms with Crippen LogP contribution in [0, 0.1) is 0 Å². The Balaban J connectivity index is 2.05. The number of para-hydroxylation sites is 1. The van der Waals surface area contributed by atoms with E-state index in [1.54, 1.807) is 30.3 Å². The van der Waals surface area contributed by atoms with Crippen molar-refractivity contribution in [3.05, 3.63) is 78.4 Å². The van der Waals surface area contributed by atoms with Crippen LogP contribution in [0.5, 0.6) is 5.75 Å². The number of nitrogens with zero attached hydrogens (tertiary/aromatic N) is 1. The van der Waals surface area contributed by atoms with Gasteiger partial charge in [-0.05, 0) is 35.4 Å². The Morgan fingerprint density at radius 2 is 1.52 bits per heavy atom. The molecule has 0 saturated heterocycles. The van der Waals surface area contributed by atoms with E-state index in [1.807, 2.05) is 6.07 Å². The van der Waals surface area contributed by atoms with E-state index in [0.717, 1.165) is 23.8 Å². The molecule has 3 rings (SSSR count). The van der Waals surface area contributed by atoms with Crippen molar-refractivity contribution < 1.29 is 27.9 Å². The molecule has 3 aromatic carbocycles. The molecule has 6 nitrogen and oxygen atoms in total. The maximum absolute atomic E-state index is 14.7. The zero-order chi connectivity index (χ0) is 19.6. The number of carbonyl (C=O) groups is 1. The average Bonchev–Trinajstić information content (AvgIpc) is 2.68. The molecule has 0 unspecified atom stereocenters. The highest BCUT2D eigenvalue weighted by Gasteiger charge is 2.29. The molecule has 0 fully saturated rings. The van der Waals surface area contributed by atoms with Crippen LogP contribution >= 0.6 is 0 Å². The largest absolute Gasteiger partial charge is 0.505 e. The highest BCUT2D eigenvalue weighted by molar-refractivity contribution is 7.92. The van der Waals surface area contributed by atoms with Gasteiger partial charge in [0, 0.05) is 0 Å². The first kappa shape index (κ1) is 18.4. The van der Waals surface area contributed by atoms with Crippen molar-refractivity contribution in [2.75, 3.05) is 4.53 Å². The number of halogens is 1. The van der Waals surface area contributed by atoms with Crippen molar-refractivity contribution in [2.24, 2.45) is 0 Å². The van der Waals surface area contributed by atoms with E-state index >= 15 is 0 Å². The van der Waals surface area contributed by atoms with Gasteiger partial charge < -0.3 is 10.2 Å². The van der Waals surface area contributed by atoms with Gasteiger partial charge in [-0.2, -0.15) is 8.42 Å². The molecular formula is C19H14FNO5S. The van der Waals surface area contributed by atoms with Crippen molar-refractivity contribution in [1.29, 1.82) is 0 Å². The summed E-state index contributed by atoms with van der Waals surface area (Å²) in [5.74, 6) is -2.48. The van der Waals surface area contributed by atoms with Gasteiger partial charge in [0.15, 0.2) is 5.75 Å². The molecule has 8 heteroatoms. The van der Waals surface area contributed by atoms with Crippen molar-refractivity contribution in [3.63, 3.8) is 0 Å². The average molecular weight is 387 g/mol. The number of sulfonamides is 1. The zero-order valence-corrected chi connectivity index (χ0v) is 14.6. The molecule has 138 valence electrons. The van der Waals surface area contributed by atoms with E-state index in [2.05, 4.69) is 0 Å². The Labute approximate surface area is 154 Å². The predicted octanol–water partition coefficient (Wildman–Crippen LogP) is 3.84. The Morgan fingerprint density at radius 3 is 2.19 bits per heavy atom. The molecule has 0 aliphatic carbocycles.